The van der Waals surface area contributed by atoms with Gasteiger partial charge in [0.15, 0.2) is 0 Å². The molecule has 7 nitrogen and oxygen atoms in total. The fourth-order valence-electron chi connectivity index (χ4n) is 3.90. The fraction of sp³-hybridized carbons (Fsp3) is 0.440. The van der Waals surface area contributed by atoms with Crippen LogP contribution in [0.5, 0.6) is 0 Å². The molecule has 186 valence electrons. The summed E-state index contributed by atoms with van der Waals surface area (Å²) in [5.74, 6) is -0.390. The molecule has 1 atom stereocenters. The van der Waals surface area contributed by atoms with Gasteiger partial charge in [-0.3, -0.25) is 13.9 Å². The van der Waals surface area contributed by atoms with Crippen LogP contribution in [0.1, 0.15) is 37.3 Å². The van der Waals surface area contributed by atoms with Crippen molar-refractivity contribution in [2.45, 2.75) is 45.6 Å². The smallest absolute Gasteiger partial charge is 0.242 e. The van der Waals surface area contributed by atoms with Gasteiger partial charge in [-0.1, -0.05) is 54.9 Å². The molecule has 2 aromatic rings. The molecule has 0 aromatic heterocycles. The molecule has 2 aromatic carbocycles. The summed E-state index contributed by atoms with van der Waals surface area (Å²) >= 11 is 6.10. The van der Waals surface area contributed by atoms with E-state index in [9.17, 15) is 18.0 Å². The SMILES string of the molecule is CC[C@H](C(=O)NC)N(CCc1ccccc1)C(=O)CCCN(c1cc(Cl)ccc1C)S(C)(=O)=O. The van der Waals surface area contributed by atoms with Crippen LogP contribution in [0.4, 0.5) is 5.69 Å². The molecule has 0 heterocycles. The van der Waals surface area contributed by atoms with Crippen LogP contribution in [-0.2, 0) is 26.0 Å². The molecule has 0 saturated carbocycles. The van der Waals surface area contributed by atoms with Crippen LogP contribution < -0.4 is 9.62 Å². The number of amides is 2. The van der Waals surface area contributed by atoms with E-state index in [1.54, 1.807) is 30.1 Å². The summed E-state index contributed by atoms with van der Waals surface area (Å²) in [5.41, 5.74) is 2.35. The number of benzene rings is 2. The molecular formula is C25H34ClN3O4S. The van der Waals surface area contributed by atoms with E-state index < -0.39 is 16.1 Å². The second-order valence-corrected chi connectivity index (χ2v) is 10.6. The van der Waals surface area contributed by atoms with Crippen LogP contribution in [0, 0.1) is 6.92 Å². The number of carbonyl (C=O) groups excluding carboxylic acids is 2. The van der Waals surface area contributed by atoms with E-state index in [4.69, 9.17) is 11.6 Å². The van der Waals surface area contributed by atoms with Gasteiger partial charge < -0.3 is 10.2 Å². The molecular weight excluding hydrogens is 474 g/mol. The molecule has 9 heteroatoms. The first kappa shape index (κ1) is 27.7. The van der Waals surface area contributed by atoms with E-state index in [1.807, 2.05) is 44.2 Å². The summed E-state index contributed by atoms with van der Waals surface area (Å²) in [7, 11) is -2.02. The Kier molecular flexibility index (Phi) is 10.4. The zero-order valence-electron chi connectivity index (χ0n) is 20.3. The van der Waals surface area contributed by atoms with E-state index in [0.717, 1.165) is 17.4 Å². The van der Waals surface area contributed by atoms with Gasteiger partial charge in [-0.15, -0.1) is 0 Å². The van der Waals surface area contributed by atoms with Gasteiger partial charge in [0.05, 0.1) is 11.9 Å². The van der Waals surface area contributed by atoms with Crippen LogP contribution in [0.25, 0.3) is 0 Å². The summed E-state index contributed by atoms with van der Waals surface area (Å²) in [6.45, 7) is 4.22. The highest BCUT2D eigenvalue weighted by atomic mass is 35.5. The molecule has 0 aliphatic heterocycles. The van der Waals surface area contributed by atoms with E-state index in [0.29, 0.717) is 36.5 Å². The number of hydrogen-bond acceptors (Lipinski definition) is 4. The second-order valence-electron chi connectivity index (χ2n) is 8.23. The molecule has 0 aliphatic rings. The van der Waals surface area contributed by atoms with Crippen molar-refractivity contribution in [3.8, 4) is 0 Å². The Morgan fingerprint density at radius 3 is 2.35 bits per heavy atom. The summed E-state index contributed by atoms with van der Waals surface area (Å²) in [5, 5.41) is 3.08. The third-order valence-corrected chi connectivity index (χ3v) is 7.12. The highest BCUT2D eigenvalue weighted by Crippen LogP contribution is 2.26. The number of carbonyl (C=O) groups is 2. The van der Waals surface area contributed by atoms with Gasteiger partial charge >= 0.3 is 0 Å². The zero-order chi connectivity index (χ0) is 25.3. The van der Waals surface area contributed by atoms with Crippen LogP contribution in [0.2, 0.25) is 5.02 Å². The predicted octanol–water partition coefficient (Wildman–Crippen LogP) is 3.79. The van der Waals surface area contributed by atoms with Crippen molar-refractivity contribution in [3.05, 3.63) is 64.7 Å². The molecule has 1 N–H and O–H groups in total. The van der Waals surface area contributed by atoms with Gasteiger partial charge in [0.2, 0.25) is 21.8 Å². The lowest BCUT2D eigenvalue weighted by molar-refractivity contribution is -0.140. The number of hydrogen-bond donors (Lipinski definition) is 1. The van der Waals surface area contributed by atoms with Gasteiger partial charge in [0.1, 0.15) is 6.04 Å². The van der Waals surface area contributed by atoms with E-state index in [-0.39, 0.29) is 24.8 Å². The number of aryl methyl sites for hydroxylation is 1. The number of nitrogens with one attached hydrogen (secondary N) is 1. The molecule has 0 spiro atoms. The minimum Gasteiger partial charge on any atom is -0.357 e. The summed E-state index contributed by atoms with van der Waals surface area (Å²) in [6, 6.07) is 14.3. The Balaban J connectivity index is 2.16. The molecule has 0 saturated heterocycles. The van der Waals surface area contributed by atoms with Crippen molar-refractivity contribution in [1.29, 1.82) is 0 Å². The molecule has 2 amide bonds. The number of likely N-dealkylation sites (N-methyl/N-ethyl adjacent to an activating group) is 1. The topological polar surface area (TPSA) is 86.8 Å². The fourth-order valence-corrected chi connectivity index (χ4v) is 5.08. The molecule has 0 bridgehead atoms. The summed E-state index contributed by atoms with van der Waals surface area (Å²) in [6.07, 6.45) is 2.67. The quantitative estimate of drug-likeness (QED) is 0.473. The predicted molar refractivity (Wildman–Crippen MR) is 138 cm³/mol. The van der Waals surface area contributed by atoms with E-state index in [1.165, 1.54) is 4.31 Å². The molecule has 0 radical (unpaired) electrons. The lowest BCUT2D eigenvalue weighted by Gasteiger charge is -2.31. The zero-order valence-corrected chi connectivity index (χ0v) is 21.8. The number of anilines is 1. The number of halogens is 1. The average Bonchev–Trinajstić information content (AvgIpc) is 2.80. The van der Waals surface area contributed by atoms with Crippen molar-refractivity contribution in [2.24, 2.45) is 0 Å². The third-order valence-electron chi connectivity index (χ3n) is 5.71. The van der Waals surface area contributed by atoms with Gasteiger partial charge in [-0.25, -0.2) is 8.42 Å². The Morgan fingerprint density at radius 1 is 1.09 bits per heavy atom. The van der Waals surface area contributed by atoms with Gasteiger partial charge in [-0.2, -0.15) is 0 Å². The van der Waals surface area contributed by atoms with Gasteiger partial charge in [-0.05, 0) is 49.4 Å². The first-order valence-electron chi connectivity index (χ1n) is 11.4. The van der Waals surface area contributed by atoms with E-state index in [2.05, 4.69) is 5.32 Å². The van der Waals surface area contributed by atoms with Crippen LogP contribution in [-0.4, -0.2) is 57.6 Å². The third kappa shape index (κ3) is 7.74. The van der Waals surface area contributed by atoms with Crippen LogP contribution in [0.15, 0.2) is 48.5 Å². The Bertz CT molecular complexity index is 1080. The maximum absolute atomic E-state index is 13.2. The Labute approximate surface area is 208 Å². The van der Waals surface area contributed by atoms with Crippen molar-refractivity contribution in [2.75, 3.05) is 30.7 Å². The standard InChI is InChI=1S/C25H34ClN3O4S/c1-5-22(25(31)27-3)28(17-15-20-10-7-6-8-11-20)24(30)12-9-16-29(34(4,32)33)23-18-21(26)14-13-19(23)2/h6-8,10-11,13-14,18,22H,5,9,12,15-17H2,1-4H3,(H,27,31)/t22-/m1/s1. The monoisotopic (exact) mass is 507 g/mol. The maximum atomic E-state index is 13.2. The van der Waals surface area contributed by atoms with E-state index >= 15 is 0 Å². The van der Waals surface area contributed by atoms with Crippen molar-refractivity contribution in [3.63, 3.8) is 0 Å². The normalized spacial score (nSPS) is 12.1. The van der Waals surface area contributed by atoms with Crippen molar-refractivity contribution in [1.82, 2.24) is 10.2 Å². The number of nitrogens with zero attached hydrogens (tertiary/aromatic N) is 2. The molecule has 0 unspecified atom stereocenters. The highest BCUT2D eigenvalue weighted by molar-refractivity contribution is 7.92. The highest BCUT2D eigenvalue weighted by Gasteiger charge is 2.28. The molecule has 0 aliphatic carbocycles. The largest absolute Gasteiger partial charge is 0.357 e. The van der Waals surface area contributed by atoms with Gasteiger partial charge in [0.25, 0.3) is 0 Å². The summed E-state index contributed by atoms with van der Waals surface area (Å²) in [4.78, 5) is 27.3. The minimum absolute atomic E-state index is 0.119. The maximum Gasteiger partial charge on any atom is 0.242 e. The second kappa shape index (κ2) is 12.8. The average molecular weight is 508 g/mol. The lowest BCUT2D eigenvalue weighted by Crippen LogP contribution is -2.49. The molecule has 2 rings (SSSR count). The first-order valence-corrected chi connectivity index (χ1v) is 13.6. The molecule has 0 fully saturated rings. The van der Waals surface area contributed by atoms with Crippen LogP contribution in [0.3, 0.4) is 0 Å². The van der Waals surface area contributed by atoms with Crippen molar-refractivity contribution >= 4 is 39.1 Å². The Hall–Kier alpha value is -2.58. The number of sulfonamides is 1. The summed E-state index contributed by atoms with van der Waals surface area (Å²) < 4.78 is 26.2. The molecule has 34 heavy (non-hydrogen) atoms. The lowest BCUT2D eigenvalue weighted by atomic mass is 10.1. The number of rotatable bonds is 12. The Morgan fingerprint density at radius 2 is 1.76 bits per heavy atom. The van der Waals surface area contributed by atoms with Crippen LogP contribution >= 0.6 is 11.6 Å². The first-order chi connectivity index (χ1) is 16.1. The van der Waals surface area contributed by atoms with Crippen molar-refractivity contribution < 1.29 is 18.0 Å². The minimum atomic E-state index is -3.57. The van der Waals surface area contributed by atoms with Gasteiger partial charge in [0, 0.05) is 31.6 Å².